The topological polar surface area (TPSA) is 55.0 Å². The van der Waals surface area contributed by atoms with E-state index in [1.807, 2.05) is 0 Å². The molecular formula is C11H8F2N2O2. The Balaban J connectivity index is 2.70. The summed E-state index contributed by atoms with van der Waals surface area (Å²) in [6.45, 7) is 0. The molecule has 6 heteroatoms. The van der Waals surface area contributed by atoms with Crippen molar-refractivity contribution in [3.05, 3.63) is 46.5 Å². The van der Waals surface area contributed by atoms with Gasteiger partial charge in [0.25, 0.3) is 0 Å². The first kappa shape index (κ1) is 11.3. The van der Waals surface area contributed by atoms with Crippen LogP contribution in [0.5, 0.6) is 5.75 Å². The van der Waals surface area contributed by atoms with Crippen molar-refractivity contribution >= 4 is 0 Å². The molecule has 1 aromatic heterocycles. The molecule has 0 aliphatic carbocycles. The second-order valence-electron chi connectivity index (χ2n) is 3.26. The van der Waals surface area contributed by atoms with Crippen LogP contribution >= 0.6 is 0 Å². The zero-order valence-corrected chi connectivity index (χ0v) is 8.83. The number of H-pyrrole nitrogens is 1. The van der Waals surface area contributed by atoms with E-state index in [0.717, 1.165) is 12.3 Å². The standard InChI is InChI=1S/C11H8F2N2O2/c1-17-9-3-2-6(12)4-7(9)10-8(13)5-14-11(16)15-10/h2-5H,1H3,(H,14,15,16). The summed E-state index contributed by atoms with van der Waals surface area (Å²) in [5.41, 5.74) is -0.737. The molecule has 0 saturated heterocycles. The van der Waals surface area contributed by atoms with Gasteiger partial charge in [0.1, 0.15) is 11.6 Å². The van der Waals surface area contributed by atoms with Crippen LogP contribution in [0.2, 0.25) is 0 Å². The lowest BCUT2D eigenvalue weighted by Gasteiger charge is -2.08. The molecule has 88 valence electrons. The lowest BCUT2D eigenvalue weighted by molar-refractivity contribution is 0.415. The summed E-state index contributed by atoms with van der Waals surface area (Å²) >= 11 is 0. The molecule has 0 fully saturated rings. The first-order valence-corrected chi connectivity index (χ1v) is 4.70. The second-order valence-corrected chi connectivity index (χ2v) is 3.26. The van der Waals surface area contributed by atoms with Crippen molar-refractivity contribution < 1.29 is 13.5 Å². The summed E-state index contributed by atoms with van der Waals surface area (Å²) in [6.07, 6.45) is 0.776. The summed E-state index contributed by atoms with van der Waals surface area (Å²) in [7, 11) is 1.37. The van der Waals surface area contributed by atoms with E-state index in [1.165, 1.54) is 19.2 Å². The van der Waals surface area contributed by atoms with Crippen molar-refractivity contribution in [1.82, 2.24) is 9.97 Å². The summed E-state index contributed by atoms with van der Waals surface area (Å²) < 4.78 is 31.6. The molecule has 1 aromatic carbocycles. The summed E-state index contributed by atoms with van der Waals surface area (Å²) in [4.78, 5) is 16.5. The van der Waals surface area contributed by atoms with E-state index in [1.54, 1.807) is 0 Å². The van der Waals surface area contributed by atoms with Crippen molar-refractivity contribution in [3.63, 3.8) is 0 Å². The third-order valence-electron chi connectivity index (χ3n) is 2.20. The molecule has 0 aliphatic rings. The Morgan fingerprint density at radius 3 is 2.82 bits per heavy atom. The SMILES string of the molecule is COc1ccc(F)cc1-c1[nH]c(=O)ncc1F. The van der Waals surface area contributed by atoms with Crippen LogP contribution in [0.3, 0.4) is 0 Å². The minimum atomic E-state index is -0.756. The van der Waals surface area contributed by atoms with Gasteiger partial charge >= 0.3 is 5.69 Å². The smallest absolute Gasteiger partial charge is 0.345 e. The molecule has 2 aromatic rings. The zero-order valence-electron chi connectivity index (χ0n) is 8.83. The minimum absolute atomic E-state index is 0.129. The van der Waals surface area contributed by atoms with E-state index in [-0.39, 0.29) is 17.0 Å². The van der Waals surface area contributed by atoms with Gasteiger partial charge in [-0.25, -0.2) is 13.6 Å². The van der Waals surface area contributed by atoms with E-state index in [0.29, 0.717) is 0 Å². The molecule has 0 aliphatic heterocycles. The van der Waals surface area contributed by atoms with Gasteiger partial charge in [-0.05, 0) is 18.2 Å². The monoisotopic (exact) mass is 238 g/mol. The highest BCUT2D eigenvalue weighted by atomic mass is 19.1. The maximum Gasteiger partial charge on any atom is 0.345 e. The van der Waals surface area contributed by atoms with Crippen molar-refractivity contribution in [1.29, 1.82) is 0 Å². The van der Waals surface area contributed by atoms with E-state index in [2.05, 4.69) is 9.97 Å². The number of hydrogen-bond donors (Lipinski definition) is 1. The van der Waals surface area contributed by atoms with Crippen LogP contribution in [0.1, 0.15) is 0 Å². The number of nitrogens with zero attached hydrogens (tertiary/aromatic N) is 1. The van der Waals surface area contributed by atoms with Gasteiger partial charge in [0.15, 0.2) is 5.82 Å². The Hall–Kier alpha value is -2.24. The number of nitrogens with one attached hydrogen (secondary N) is 1. The fraction of sp³-hybridized carbons (Fsp3) is 0.0909. The van der Waals surface area contributed by atoms with Crippen LogP contribution in [0.15, 0.2) is 29.2 Å². The first-order valence-electron chi connectivity index (χ1n) is 4.70. The highest BCUT2D eigenvalue weighted by molar-refractivity contribution is 5.67. The highest BCUT2D eigenvalue weighted by Crippen LogP contribution is 2.29. The molecule has 0 bridgehead atoms. The minimum Gasteiger partial charge on any atom is -0.496 e. The maximum atomic E-state index is 13.5. The average Bonchev–Trinajstić information content (AvgIpc) is 2.32. The van der Waals surface area contributed by atoms with Gasteiger partial charge in [-0.3, -0.25) is 0 Å². The number of methoxy groups -OCH3 is 1. The largest absolute Gasteiger partial charge is 0.496 e. The number of rotatable bonds is 2. The van der Waals surface area contributed by atoms with Gasteiger partial charge < -0.3 is 9.72 Å². The zero-order chi connectivity index (χ0) is 12.4. The Morgan fingerprint density at radius 1 is 1.35 bits per heavy atom. The van der Waals surface area contributed by atoms with Crippen molar-refractivity contribution in [3.8, 4) is 17.0 Å². The van der Waals surface area contributed by atoms with Crippen LogP contribution in [-0.2, 0) is 0 Å². The fourth-order valence-corrected chi connectivity index (χ4v) is 1.45. The normalized spacial score (nSPS) is 10.3. The molecule has 1 N–H and O–H groups in total. The van der Waals surface area contributed by atoms with Crippen LogP contribution in [0.25, 0.3) is 11.3 Å². The molecule has 0 radical (unpaired) electrons. The molecule has 4 nitrogen and oxygen atoms in total. The third kappa shape index (κ3) is 2.15. The molecule has 17 heavy (non-hydrogen) atoms. The number of benzene rings is 1. The number of aromatic amines is 1. The lowest BCUT2D eigenvalue weighted by Crippen LogP contribution is -2.12. The van der Waals surface area contributed by atoms with E-state index < -0.39 is 17.3 Å². The Kier molecular flexibility index (Phi) is 2.86. The lowest BCUT2D eigenvalue weighted by atomic mass is 10.1. The van der Waals surface area contributed by atoms with Gasteiger partial charge in [-0.15, -0.1) is 0 Å². The third-order valence-corrected chi connectivity index (χ3v) is 2.20. The summed E-state index contributed by atoms with van der Waals surface area (Å²) in [5.74, 6) is -1.06. The summed E-state index contributed by atoms with van der Waals surface area (Å²) in [6, 6.07) is 3.61. The van der Waals surface area contributed by atoms with Crippen molar-refractivity contribution in [2.75, 3.05) is 7.11 Å². The predicted molar refractivity (Wildman–Crippen MR) is 56.8 cm³/mol. The van der Waals surface area contributed by atoms with Crippen LogP contribution in [0, 0.1) is 11.6 Å². The summed E-state index contributed by atoms with van der Waals surface area (Å²) in [5, 5.41) is 0. The van der Waals surface area contributed by atoms with Gasteiger partial charge in [0, 0.05) is 5.56 Å². The van der Waals surface area contributed by atoms with Crippen molar-refractivity contribution in [2.45, 2.75) is 0 Å². The van der Waals surface area contributed by atoms with Gasteiger partial charge in [0.05, 0.1) is 19.0 Å². The molecule has 0 saturated carbocycles. The number of ether oxygens (including phenoxy) is 1. The number of aromatic nitrogens is 2. The van der Waals surface area contributed by atoms with Crippen LogP contribution in [-0.4, -0.2) is 17.1 Å². The quantitative estimate of drug-likeness (QED) is 0.866. The molecule has 0 spiro atoms. The molecule has 0 unspecified atom stereocenters. The second kappa shape index (κ2) is 4.32. The van der Waals surface area contributed by atoms with Gasteiger partial charge in [0.2, 0.25) is 0 Å². The number of halogens is 2. The van der Waals surface area contributed by atoms with Crippen LogP contribution in [0.4, 0.5) is 8.78 Å². The van der Waals surface area contributed by atoms with E-state index in [9.17, 15) is 13.6 Å². The van der Waals surface area contributed by atoms with Crippen molar-refractivity contribution in [2.24, 2.45) is 0 Å². The highest BCUT2D eigenvalue weighted by Gasteiger charge is 2.13. The first-order chi connectivity index (χ1) is 8.11. The molecule has 0 atom stereocenters. The Morgan fingerprint density at radius 2 is 2.12 bits per heavy atom. The van der Waals surface area contributed by atoms with E-state index >= 15 is 0 Å². The Bertz CT molecular complexity index is 611. The molecule has 0 amide bonds. The Labute approximate surface area is 94.9 Å². The number of hydrogen-bond acceptors (Lipinski definition) is 3. The van der Waals surface area contributed by atoms with Crippen LogP contribution < -0.4 is 10.4 Å². The molecule has 2 rings (SSSR count). The van der Waals surface area contributed by atoms with E-state index in [4.69, 9.17) is 4.74 Å². The average molecular weight is 238 g/mol. The molecular weight excluding hydrogens is 230 g/mol. The predicted octanol–water partition coefficient (Wildman–Crippen LogP) is 1.72. The maximum absolute atomic E-state index is 13.5. The fourth-order valence-electron chi connectivity index (χ4n) is 1.45. The van der Waals surface area contributed by atoms with Gasteiger partial charge in [-0.1, -0.05) is 0 Å². The molecule has 1 heterocycles. The van der Waals surface area contributed by atoms with Gasteiger partial charge in [-0.2, -0.15) is 4.98 Å².